The molecule has 0 amide bonds. The number of sulfonamides is 1. The molecule has 0 bridgehead atoms. The number of hydrogen-bond donors (Lipinski definition) is 0. The Morgan fingerprint density at radius 1 is 0.923 bits per heavy atom. The Balaban J connectivity index is 1.40. The van der Waals surface area contributed by atoms with Crippen molar-refractivity contribution in [3.63, 3.8) is 0 Å². The van der Waals surface area contributed by atoms with Gasteiger partial charge in [-0.1, -0.05) is 48.9 Å². The van der Waals surface area contributed by atoms with Gasteiger partial charge in [0.05, 0.1) is 28.4 Å². The zero-order valence-corrected chi connectivity index (χ0v) is 23.4. The third-order valence-electron chi connectivity index (χ3n) is 6.43. The summed E-state index contributed by atoms with van der Waals surface area (Å²) in [7, 11) is -0.599. The van der Waals surface area contributed by atoms with Gasteiger partial charge in [-0.05, 0) is 60.5 Å². The molecule has 3 aromatic carbocycles. The number of aromatic nitrogens is 2. The molecule has 0 unspecified atom stereocenters. The van der Waals surface area contributed by atoms with Gasteiger partial charge < -0.3 is 9.47 Å². The molecule has 200 valence electrons. The highest BCUT2D eigenvalue weighted by Crippen LogP contribution is 2.33. The Bertz CT molecular complexity index is 1730. The highest BCUT2D eigenvalue weighted by atomic mass is 35.5. The molecule has 0 fully saturated rings. The van der Waals surface area contributed by atoms with Crippen LogP contribution in [0.2, 0.25) is 5.02 Å². The molecule has 9 heteroatoms. The fourth-order valence-electron chi connectivity index (χ4n) is 4.43. The van der Waals surface area contributed by atoms with Crippen LogP contribution in [0.5, 0.6) is 17.2 Å². The Hall–Kier alpha value is -3.85. The van der Waals surface area contributed by atoms with Gasteiger partial charge in [0.25, 0.3) is 0 Å². The summed E-state index contributed by atoms with van der Waals surface area (Å²) in [6.45, 7) is 2.28. The van der Waals surface area contributed by atoms with Crippen LogP contribution in [-0.2, 0) is 23.0 Å². The maximum atomic E-state index is 13.3. The topological polar surface area (TPSA) is 73.1 Å². The Morgan fingerprint density at radius 2 is 1.64 bits per heavy atom. The summed E-state index contributed by atoms with van der Waals surface area (Å²) in [5.41, 5.74) is 4.34. The minimum atomic E-state index is -3.75. The van der Waals surface area contributed by atoms with E-state index >= 15 is 0 Å². The summed E-state index contributed by atoms with van der Waals surface area (Å²) in [5.74, 6) is 1.71. The Labute approximate surface area is 233 Å². The molecular formula is C30H28ClN3O4S. The molecule has 0 aliphatic rings. The first kappa shape index (κ1) is 26.7. The van der Waals surface area contributed by atoms with Crippen molar-refractivity contribution in [1.29, 1.82) is 0 Å². The summed E-state index contributed by atoms with van der Waals surface area (Å²) in [5, 5.41) is 0.584. The van der Waals surface area contributed by atoms with E-state index in [1.165, 1.54) is 10.4 Å². The lowest BCUT2D eigenvalue weighted by molar-refractivity contribution is 0.414. The minimum absolute atomic E-state index is 0.150. The average molecular weight is 562 g/mol. The molecule has 0 radical (unpaired) electrons. The van der Waals surface area contributed by atoms with Crippen molar-refractivity contribution in [1.82, 2.24) is 13.7 Å². The van der Waals surface area contributed by atoms with Crippen molar-refractivity contribution >= 4 is 27.3 Å². The van der Waals surface area contributed by atoms with Gasteiger partial charge in [0.1, 0.15) is 17.2 Å². The van der Waals surface area contributed by atoms with Crippen molar-refractivity contribution in [2.24, 2.45) is 0 Å². The SMILES string of the molecule is CCc1nc2c(Cl)cccn2c1-c1cccc(Oc2cccc(S(=O)(=O)N(C)Cc3ccc(OC)cc3)c2)c1. The van der Waals surface area contributed by atoms with E-state index in [0.717, 1.165) is 28.9 Å². The van der Waals surface area contributed by atoms with Crippen LogP contribution in [0, 0.1) is 0 Å². The average Bonchev–Trinajstić information content (AvgIpc) is 3.34. The van der Waals surface area contributed by atoms with Crippen molar-refractivity contribution in [3.05, 3.63) is 107 Å². The summed E-state index contributed by atoms with van der Waals surface area (Å²) in [4.78, 5) is 4.88. The summed E-state index contributed by atoms with van der Waals surface area (Å²) in [6, 6.07) is 25.2. The van der Waals surface area contributed by atoms with E-state index in [4.69, 9.17) is 26.1 Å². The number of methoxy groups -OCH3 is 1. The van der Waals surface area contributed by atoms with Gasteiger partial charge in [-0.25, -0.2) is 13.4 Å². The second-order valence-corrected chi connectivity index (χ2v) is 11.5. The molecule has 5 rings (SSSR count). The third-order valence-corrected chi connectivity index (χ3v) is 8.53. The van der Waals surface area contributed by atoms with E-state index in [9.17, 15) is 8.42 Å². The summed E-state index contributed by atoms with van der Waals surface area (Å²) < 4.78 is 41.3. The maximum Gasteiger partial charge on any atom is 0.243 e. The number of imidazole rings is 1. The lowest BCUT2D eigenvalue weighted by Crippen LogP contribution is -2.26. The Morgan fingerprint density at radius 3 is 2.36 bits per heavy atom. The fourth-order valence-corrected chi connectivity index (χ4v) is 5.83. The molecule has 0 spiro atoms. The summed E-state index contributed by atoms with van der Waals surface area (Å²) in [6.07, 6.45) is 2.68. The second-order valence-electron chi connectivity index (χ2n) is 9.02. The Kier molecular flexibility index (Phi) is 7.61. The summed E-state index contributed by atoms with van der Waals surface area (Å²) >= 11 is 6.39. The number of fused-ring (bicyclic) bond motifs is 1. The number of ether oxygens (including phenoxy) is 2. The minimum Gasteiger partial charge on any atom is -0.497 e. The smallest absolute Gasteiger partial charge is 0.243 e. The van der Waals surface area contributed by atoms with Gasteiger partial charge in [-0.3, -0.25) is 4.40 Å². The van der Waals surface area contributed by atoms with Gasteiger partial charge in [-0.2, -0.15) is 4.31 Å². The standard InChI is InChI=1S/C30H28ClN3O4S/c1-4-28-29(34-17-7-12-27(31)30(34)32-28)22-8-5-9-24(18-22)38-25-10-6-11-26(19-25)39(35,36)33(2)20-21-13-15-23(37-3)16-14-21/h5-19H,4,20H2,1-3H3. The predicted octanol–water partition coefficient (Wildman–Crippen LogP) is 6.84. The highest BCUT2D eigenvalue weighted by Gasteiger charge is 2.22. The number of halogens is 1. The van der Waals surface area contributed by atoms with E-state index < -0.39 is 10.0 Å². The molecule has 0 saturated carbocycles. The lowest BCUT2D eigenvalue weighted by Gasteiger charge is -2.18. The zero-order chi connectivity index (χ0) is 27.6. The van der Waals surface area contributed by atoms with Crippen molar-refractivity contribution in [3.8, 4) is 28.5 Å². The highest BCUT2D eigenvalue weighted by molar-refractivity contribution is 7.89. The monoisotopic (exact) mass is 561 g/mol. The van der Waals surface area contributed by atoms with Crippen molar-refractivity contribution < 1.29 is 17.9 Å². The van der Waals surface area contributed by atoms with Gasteiger partial charge >= 0.3 is 0 Å². The molecule has 0 atom stereocenters. The quantitative estimate of drug-likeness (QED) is 0.197. The van der Waals surface area contributed by atoms with Crippen molar-refractivity contribution in [2.75, 3.05) is 14.2 Å². The number of benzene rings is 3. The van der Waals surface area contributed by atoms with Gasteiger partial charge in [0.15, 0.2) is 5.65 Å². The van der Waals surface area contributed by atoms with Gasteiger partial charge in [-0.15, -0.1) is 0 Å². The first-order valence-corrected chi connectivity index (χ1v) is 14.2. The van der Waals surface area contributed by atoms with E-state index in [1.54, 1.807) is 32.4 Å². The molecule has 0 aliphatic carbocycles. The molecular weight excluding hydrogens is 534 g/mol. The maximum absolute atomic E-state index is 13.3. The molecule has 0 N–H and O–H groups in total. The third kappa shape index (κ3) is 5.49. The molecule has 2 aromatic heterocycles. The lowest BCUT2D eigenvalue weighted by atomic mass is 10.1. The van der Waals surface area contributed by atoms with Crippen LogP contribution in [0.3, 0.4) is 0 Å². The van der Waals surface area contributed by atoms with E-state index in [1.807, 2.05) is 71.3 Å². The zero-order valence-electron chi connectivity index (χ0n) is 21.8. The number of rotatable bonds is 9. The number of pyridine rings is 1. The largest absolute Gasteiger partial charge is 0.497 e. The van der Waals surface area contributed by atoms with E-state index in [2.05, 4.69) is 6.92 Å². The van der Waals surface area contributed by atoms with Crippen LogP contribution in [0.4, 0.5) is 0 Å². The fraction of sp³-hybridized carbons (Fsp3) is 0.167. The first-order valence-electron chi connectivity index (χ1n) is 12.4. The molecule has 7 nitrogen and oxygen atoms in total. The van der Waals surface area contributed by atoms with E-state index in [0.29, 0.717) is 27.9 Å². The molecule has 5 aromatic rings. The molecule has 0 saturated heterocycles. The van der Waals surface area contributed by atoms with Crippen LogP contribution in [0.15, 0.2) is 96.0 Å². The van der Waals surface area contributed by atoms with Crippen LogP contribution in [0.25, 0.3) is 16.9 Å². The van der Waals surface area contributed by atoms with Crippen LogP contribution >= 0.6 is 11.6 Å². The number of nitrogens with zero attached hydrogens (tertiary/aromatic N) is 3. The molecule has 39 heavy (non-hydrogen) atoms. The van der Waals surface area contributed by atoms with Gasteiger partial charge in [0.2, 0.25) is 10.0 Å². The number of aryl methyl sites for hydroxylation is 1. The second kappa shape index (κ2) is 11.1. The van der Waals surface area contributed by atoms with Crippen LogP contribution in [-0.4, -0.2) is 36.3 Å². The molecule has 2 heterocycles. The first-order chi connectivity index (χ1) is 18.8. The number of hydrogen-bond acceptors (Lipinski definition) is 5. The molecule has 0 aliphatic heterocycles. The van der Waals surface area contributed by atoms with Crippen LogP contribution in [0.1, 0.15) is 18.2 Å². The van der Waals surface area contributed by atoms with E-state index in [-0.39, 0.29) is 11.4 Å². The predicted molar refractivity (Wildman–Crippen MR) is 153 cm³/mol. The van der Waals surface area contributed by atoms with Gasteiger partial charge in [0, 0.05) is 31.4 Å². The normalized spacial score (nSPS) is 11.7. The van der Waals surface area contributed by atoms with Crippen molar-refractivity contribution in [2.45, 2.75) is 24.8 Å². The van der Waals surface area contributed by atoms with Crippen LogP contribution < -0.4 is 9.47 Å².